The summed E-state index contributed by atoms with van der Waals surface area (Å²) in [5.74, 6) is 0.429. The number of hydrogen-bond acceptors (Lipinski definition) is 6. The monoisotopic (exact) mass is 494 g/mol. The van der Waals surface area contributed by atoms with Gasteiger partial charge in [-0.3, -0.25) is 9.59 Å². The molecule has 0 saturated carbocycles. The Morgan fingerprint density at radius 3 is 2.25 bits per heavy atom. The fraction of sp³-hybridized carbons (Fsp3) is 0. The first-order chi connectivity index (χ1) is 17.5. The van der Waals surface area contributed by atoms with Crippen LogP contribution in [0.2, 0.25) is 5.02 Å². The van der Waals surface area contributed by atoms with Crippen molar-refractivity contribution >= 4 is 34.7 Å². The summed E-state index contributed by atoms with van der Waals surface area (Å²) in [5, 5.41) is 6.52. The number of carbonyl (C=O) groups excluding carboxylic acids is 1. The SMILES string of the molecule is O=C(Nc1ccc(Nc2cc(-c3ccccc3)ncn2)cc1)c1cnc(-c2ccc(Cl)cc2)[nH]c1=O. The van der Waals surface area contributed by atoms with E-state index in [2.05, 4.69) is 30.6 Å². The number of nitrogens with one attached hydrogen (secondary N) is 3. The van der Waals surface area contributed by atoms with E-state index in [0.717, 1.165) is 16.9 Å². The summed E-state index contributed by atoms with van der Waals surface area (Å²) in [6.45, 7) is 0. The van der Waals surface area contributed by atoms with E-state index >= 15 is 0 Å². The van der Waals surface area contributed by atoms with Crippen molar-refractivity contribution in [1.82, 2.24) is 19.9 Å². The lowest BCUT2D eigenvalue weighted by Crippen LogP contribution is -2.24. The molecule has 0 aliphatic carbocycles. The van der Waals surface area contributed by atoms with Crippen molar-refractivity contribution in [2.24, 2.45) is 0 Å². The predicted octanol–water partition coefficient (Wildman–Crippen LogP) is 5.54. The molecule has 1 amide bonds. The van der Waals surface area contributed by atoms with Crippen LogP contribution < -0.4 is 16.2 Å². The summed E-state index contributed by atoms with van der Waals surface area (Å²) in [4.78, 5) is 40.6. The number of H-pyrrole nitrogens is 1. The maximum Gasteiger partial charge on any atom is 0.264 e. The third-order valence-electron chi connectivity index (χ3n) is 5.31. The van der Waals surface area contributed by atoms with Crippen LogP contribution in [0.15, 0.2) is 102 Å². The van der Waals surface area contributed by atoms with Gasteiger partial charge < -0.3 is 15.6 Å². The van der Waals surface area contributed by atoms with Crippen molar-refractivity contribution < 1.29 is 4.79 Å². The number of benzene rings is 3. The molecule has 5 rings (SSSR count). The Hall–Kier alpha value is -4.82. The lowest BCUT2D eigenvalue weighted by molar-refractivity contribution is 0.102. The van der Waals surface area contributed by atoms with E-state index in [0.29, 0.717) is 27.9 Å². The number of aromatic nitrogens is 4. The minimum atomic E-state index is -0.560. The van der Waals surface area contributed by atoms with Crippen LogP contribution in [-0.4, -0.2) is 25.8 Å². The second-order valence-corrected chi connectivity index (χ2v) is 8.23. The molecule has 2 heterocycles. The van der Waals surface area contributed by atoms with Crippen molar-refractivity contribution in [2.45, 2.75) is 0 Å². The first kappa shape index (κ1) is 22.9. The second kappa shape index (κ2) is 10.2. The minimum absolute atomic E-state index is 0.0932. The summed E-state index contributed by atoms with van der Waals surface area (Å²) in [7, 11) is 0. The molecule has 0 saturated heterocycles. The number of rotatable bonds is 6. The quantitative estimate of drug-likeness (QED) is 0.285. The Labute approximate surface area is 211 Å². The zero-order valence-corrected chi connectivity index (χ0v) is 19.5. The van der Waals surface area contributed by atoms with Gasteiger partial charge in [-0.25, -0.2) is 15.0 Å². The maximum absolute atomic E-state index is 12.7. The molecule has 9 heteroatoms. The molecule has 2 aromatic heterocycles. The smallest absolute Gasteiger partial charge is 0.264 e. The fourth-order valence-corrected chi connectivity index (χ4v) is 3.61. The molecule has 3 aromatic carbocycles. The van der Waals surface area contributed by atoms with Gasteiger partial charge in [-0.15, -0.1) is 0 Å². The van der Waals surface area contributed by atoms with Gasteiger partial charge in [0.15, 0.2) is 0 Å². The first-order valence-electron chi connectivity index (χ1n) is 11.0. The van der Waals surface area contributed by atoms with E-state index in [4.69, 9.17) is 11.6 Å². The number of carbonyl (C=O) groups is 1. The van der Waals surface area contributed by atoms with Gasteiger partial charge >= 0.3 is 0 Å². The maximum atomic E-state index is 12.7. The van der Waals surface area contributed by atoms with Crippen LogP contribution in [0.5, 0.6) is 0 Å². The highest BCUT2D eigenvalue weighted by atomic mass is 35.5. The van der Waals surface area contributed by atoms with E-state index in [9.17, 15) is 9.59 Å². The van der Waals surface area contributed by atoms with Crippen molar-refractivity contribution in [3.05, 3.63) is 118 Å². The molecule has 0 unspecified atom stereocenters. The number of halogens is 1. The van der Waals surface area contributed by atoms with Gasteiger partial charge in [0, 0.05) is 39.8 Å². The molecule has 0 spiro atoms. The number of amides is 1. The van der Waals surface area contributed by atoms with Crippen LogP contribution in [0.4, 0.5) is 17.2 Å². The number of aromatic amines is 1. The Bertz CT molecular complexity index is 1570. The molecule has 36 heavy (non-hydrogen) atoms. The van der Waals surface area contributed by atoms with E-state index in [1.165, 1.54) is 12.5 Å². The Morgan fingerprint density at radius 1 is 0.806 bits per heavy atom. The van der Waals surface area contributed by atoms with Gasteiger partial charge in [0.25, 0.3) is 11.5 Å². The third kappa shape index (κ3) is 5.29. The van der Waals surface area contributed by atoms with E-state index in [1.807, 2.05) is 36.4 Å². The van der Waals surface area contributed by atoms with E-state index < -0.39 is 11.5 Å². The normalized spacial score (nSPS) is 10.6. The molecule has 0 aliphatic rings. The Balaban J connectivity index is 1.26. The molecule has 0 atom stereocenters. The van der Waals surface area contributed by atoms with Gasteiger partial charge in [-0.2, -0.15) is 0 Å². The van der Waals surface area contributed by atoms with Crippen molar-refractivity contribution in [3.63, 3.8) is 0 Å². The van der Waals surface area contributed by atoms with Crippen LogP contribution in [0, 0.1) is 0 Å². The minimum Gasteiger partial charge on any atom is -0.340 e. The standard InChI is InChI=1S/C27H19ClN6O2/c28-19-8-6-18(7-9-19)25-29-15-22(27(36)34-25)26(35)33-21-12-10-20(11-13-21)32-24-14-23(30-16-31-24)17-4-2-1-3-5-17/h1-16H,(H,33,35)(H,29,34,36)(H,30,31,32). The van der Waals surface area contributed by atoms with Crippen molar-refractivity contribution in [2.75, 3.05) is 10.6 Å². The summed E-state index contributed by atoms with van der Waals surface area (Å²) >= 11 is 5.90. The largest absolute Gasteiger partial charge is 0.340 e. The number of anilines is 3. The Morgan fingerprint density at radius 2 is 1.53 bits per heavy atom. The summed E-state index contributed by atoms with van der Waals surface area (Å²) < 4.78 is 0. The number of hydrogen-bond donors (Lipinski definition) is 3. The molecule has 0 fully saturated rings. The topological polar surface area (TPSA) is 113 Å². The molecule has 8 nitrogen and oxygen atoms in total. The van der Waals surface area contributed by atoms with Crippen molar-refractivity contribution in [3.8, 4) is 22.6 Å². The fourth-order valence-electron chi connectivity index (χ4n) is 3.49. The van der Waals surface area contributed by atoms with E-state index in [1.54, 1.807) is 48.5 Å². The lowest BCUT2D eigenvalue weighted by Gasteiger charge is -2.09. The summed E-state index contributed by atoms with van der Waals surface area (Å²) in [6, 6.07) is 25.6. The van der Waals surface area contributed by atoms with Gasteiger partial charge in [-0.1, -0.05) is 41.9 Å². The molecular weight excluding hydrogens is 476 g/mol. The summed E-state index contributed by atoms with van der Waals surface area (Å²) in [6.07, 6.45) is 2.76. The molecular formula is C27H19ClN6O2. The van der Waals surface area contributed by atoms with Crippen LogP contribution in [0.3, 0.4) is 0 Å². The summed E-state index contributed by atoms with van der Waals surface area (Å²) in [5.41, 5.74) is 3.15. The average Bonchev–Trinajstić information content (AvgIpc) is 2.91. The zero-order valence-electron chi connectivity index (χ0n) is 18.8. The predicted molar refractivity (Wildman–Crippen MR) is 140 cm³/mol. The van der Waals surface area contributed by atoms with Crippen LogP contribution in [0.1, 0.15) is 10.4 Å². The van der Waals surface area contributed by atoms with Gasteiger partial charge in [0.05, 0.1) is 5.69 Å². The second-order valence-electron chi connectivity index (χ2n) is 7.79. The molecule has 0 bridgehead atoms. The molecule has 3 N–H and O–H groups in total. The van der Waals surface area contributed by atoms with Crippen LogP contribution >= 0.6 is 11.6 Å². The van der Waals surface area contributed by atoms with E-state index in [-0.39, 0.29) is 5.56 Å². The van der Waals surface area contributed by atoms with Crippen LogP contribution in [-0.2, 0) is 0 Å². The van der Waals surface area contributed by atoms with Crippen LogP contribution in [0.25, 0.3) is 22.6 Å². The highest BCUT2D eigenvalue weighted by Gasteiger charge is 2.13. The first-order valence-corrected chi connectivity index (χ1v) is 11.3. The number of nitrogens with zero attached hydrogens (tertiary/aromatic N) is 3. The highest BCUT2D eigenvalue weighted by Crippen LogP contribution is 2.22. The molecule has 5 aromatic rings. The van der Waals surface area contributed by atoms with Gasteiger partial charge in [0.1, 0.15) is 23.5 Å². The molecule has 0 aliphatic heterocycles. The Kier molecular flexibility index (Phi) is 6.51. The molecule has 0 radical (unpaired) electrons. The third-order valence-corrected chi connectivity index (χ3v) is 5.57. The van der Waals surface area contributed by atoms with Gasteiger partial charge in [-0.05, 0) is 48.5 Å². The average molecular weight is 495 g/mol. The lowest BCUT2D eigenvalue weighted by atomic mass is 10.1. The van der Waals surface area contributed by atoms with Gasteiger partial charge in [0.2, 0.25) is 0 Å². The zero-order chi connectivity index (χ0) is 24.9. The van der Waals surface area contributed by atoms with Crippen molar-refractivity contribution in [1.29, 1.82) is 0 Å². The molecule has 176 valence electrons. The highest BCUT2D eigenvalue weighted by molar-refractivity contribution is 6.30.